The SMILES string of the molecule is CC(C)(c1ccccc1)c1ccnc(-c2[c-]ccc(-c3ccccc3)c2)c1.C[Si](C)(C)c1ccc(-c2[c-]cccc2)nc1.[Ir]. The van der Waals surface area contributed by atoms with E-state index >= 15 is 0 Å². The quantitative estimate of drug-likeness (QED) is 0.125. The molecule has 223 valence electrons. The van der Waals surface area contributed by atoms with Crippen LogP contribution in [0.2, 0.25) is 19.6 Å². The predicted molar refractivity (Wildman–Crippen MR) is 184 cm³/mol. The van der Waals surface area contributed by atoms with Crippen molar-refractivity contribution in [1.29, 1.82) is 0 Å². The number of hydrogen-bond acceptors (Lipinski definition) is 2. The first-order valence-electron chi connectivity index (χ1n) is 14.7. The molecule has 4 aromatic carbocycles. The van der Waals surface area contributed by atoms with Crippen molar-refractivity contribution in [3.8, 4) is 33.6 Å². The van der Waals surface area contributed by atoms with Crippen molar-refractivity contribution in [2.24, 2.45) is 0 Å². The average molecular weight is 767 g/mol. The molecule has 0 saturated carbocycles. The summed E-state index contributed by atoms with van der Waals surface area (Å²) in [5.74, 6) is 0. The van der Waals surface area contributed by atoms with E-state index in [1.54, 1.807) is 0 Å². The van der Waals surface area contributed by atoms with Gasteiger partial charge in [0.15, 0.2) is 0 Å². The van der Waals surface area contributed by atoms with E-state index in [0.717, 1.165) is 22.5 Å². The molecular weight excluding hydrogens is 729 g/mol. The number of aromatic nitrogens is 2. The molecule has 2 nitrogen and oxygen atoms in total. The second kappa shape index (κ2) is 14.7. The molecule has 6 rings (SSSR count). The Bertz CT molecular complexity index is 1750. The zero-order valence-electron chi connectivity index (χ0n) is 26.0. The number of hydrogen-bond donors (Lipinski definition) is 0. The molecule has 4 heteroatoms. The summed E-state index contributed by atoms with van der Waals surface area (Å²) < 4.78 is 0. The van der Waals surface area contributed by atoms with Gasteiger partial charge in [0.25, 0.3) is 0 Å². The van der Waals surface area contributed by atoms with Crippen LogP contribution < -0.4 is 5.19 Å². The molecule has 0 aliphatic heterocycles. The third kappa shape index (κ3) is 8.15. The van der Waals surface area contributed by atoms with E-state index in [1.165, 1.54) is 27.4 Å². The van der Waals surface area contributed by atoms with E-state index in [2.05, 4.69) is 147 Å². The molecule has 1 radical (unpaired) electrons. The smallest absolute Gasteiger partial charge is 0.0795 e. The van der Waals surface area contributed by atoms with Gasteiger partial charge in [-0.05, 0) is 39.3 Å². The zero-order valence-corrected chi connectivity index (χ0v) is 29.4. The fraction of sp³-hybridized carbons (Fsp3) is 0.150. The van der Waals surface area contributed by atoms with Crippen LogP contribution in [0, 0.1) is 12.1 Å². The first-order chi connectivity index (χ1) is 20.7. The largest absolute Gasteiger partial charge is 0.305 e. The molecule has 0 unspecified atom stereocenters. The maximum atomic E-state index is 4.62. The first-order valence-corrected chi connectivity index (χ1v) is 18.2. The molecule has 0 aliphatic rings. The Kier molecular flexibility index (Phi) is 11.0. The number of rotatable bonds is 6. The molecular formula is C40H38IrN2Si-2. The van der Waals surface area contributed by atoms with Crippen LogP contribution in [0.3, 0.4) is 0 Å². The van der Waals surface area contributed by atoms with Gasteiger partial charge in [0.2, 0.25) is 0 Å². The minimum atomic E-state index is -1.23. The van der Waals surface area contributed by atoms with Gasteiger partial charge in [-0.2, -0.15) is 0 Å². The van der Waals surface area contributed by atoms with Crippen LogP contribution in [0.5, 0.6) is 0 Å². The van der Waals surface area contributed by atoms with Crippen molar-refractivity contribution in [1.82, 2.24) is 9.97 Å². The van der Waals surface area contributed by atoms with Crippen LogP contribution in [-0.2, 0) is 25.5 Å². The summed E-state index contributed by atoms with van der Waals surface area (Å²) in [7, 11) is -1.23. The second-order valence-corrected chi connectivity index (χ2v) is 17.3. The molecule has 0 amide bonds. The van der Waals surface area contributed by atoms with Gasteiger partial charge in [-0.3, -0.25) is 0 Å². The standard InChI is InChI=1S/C26H22N.C14H16NSi.Ir/c1-26(2,23-14-7-4-8-15-23)24-16-17-27-25(19-24)22-13-9-12-21(18-22)20-10-5-3-6-11-20;1-16(2,3)13-9-10-14(15-11-13)12-7-5-4-6-8-12;/h3-12,14-19H,1-2H3;4-7,9-11H,1-3H3;/q2*-1;. The Morgan fingerprint density at radius 2 is 1.25 bits per heavy atom. The van der Waals surface area contributed by atoms with Crippen LogP contribution in [0.25, 0.3) is 33.6 Å². The Hall–Kier alpha value is -3.95. The summed E-state index contributed by atoms with van der Waals surface area (Å²) in [4.78, 5) is 9.14. The molecule has 0 bridgehead atoms. The van der Waals surface area contributed by atoms with Gasteiger partial charge in [0.05, 0.1) is 8.07 Å². The fourth-order valence-electron chi connectivity index (χ4n) is 4.96. The van der Waals surface area contributed by atoms with Gasteiger partial charge in [0.1, 0.15) is 0 Å². The predicted octanol–water partition coefficient (Wildman–Crippen LogP) is 9.63. The van der Waals surface area contributed by atoms with Gasteiger partial charge in [0, 0.05) is 37.9 Å². The van der Waals surface area contributed by atoms with E-state index < -0.39 is 8.07 Å². The molecule has 0 fully saturated rings. The van der Waals surface area contributed by atoms with E-state index in [9.17, 15) is 0 Å². The third-order valence-electron chi connectivity index (χ3n) is 7.78. The van der Waals surface area contributed by atoms with Crippen molar-refractivity contribution in [3.05, 3.63) is 163 Å². The molecule has 44 heavy (non-hydrogen) atoms. The number of benzene rings is 4. The average Bonchev–Trinajstić information content (AvgIpc) is 3.06. The second-order valence-electron chi connectivity index (χ2n) is 12.2. The summed E-state index contributed by atoms with van der Waals surface area (Å²) in [6, 6.07) is 50.3. The summed E-state index contributed by atoms with van der Waals surface area (Å²) in [6.45, 7) is 11.5. The van der Waals surface area contributed by atoms with E-state index in [4.69, 9.17) is 0 Å². The Morgan fingerprint density at radius 3 is 1.89 bits per heavy atom. The van der Waals surface area contributed by atoms with Crippen molar-refractivity contribution in [3.63, 3.8) is 0 Å². The summed E-state index contributed by atoms with van der Waals surface area (Å²) >= 11 is 0. The Morgan fingerprint density at radius 1 is 0.568 bits per heavy atom. The van der Waals surface area contributed by atoms with Gasteiger partial charge in [-0.15, -0.1) is 71.3 Å². The molecule has 0 saturated heterocycles. The van der Waals surface area contributed by atoms with E-state index in [-0.39, 0.29) is 25.5 Å². The monoisotopic (exact) mass is 767 g/mol. The van der Waals surface area contributed by atoms with Crippen molar-refractivity contribution >= 4 is 13.3 Å². The summed E-state index contributed by atoms with van der Waals surface area (Å²) in [5.41, 5.74) is 8.87. The minimum absolute atomic E-state index is 0. The van der Waals surface area contributed by atoms with Crippen LogP contribution in [0.1, 0.15) is 25.0 Å². The Balaban J connectivity index is 0.000000223. The summed E-state index contributed by atoms with van der Waals surface area (Å²) in [6.07, 6.45) is 3.92. The molecule has 0 N–H and O–H groups in total. The van der Waals surface area contributed by atoms with E-state index in [1.807, 2.05) is 48.8 Å². The van der Waals surface area contributed by atoms with Gasteiger partial charge >= 0.3 is 0 Å². The maximum Gasteiger partial charge on any atom is 0.0795 e. The zero-order chi connectivity index (χ0) is 30.3. The van der Waals surface area contributed by atoms with Crippen LogP contribution in [-0.4, -0.2) is 18.0 Å². The van der Waals surface area contributed by atoms with Gasteiger partial charge in [-0.25, -0.2) is 0 Å². The molecule has 2 heterocycles. The molecule has 2 aromatic heterocycles. The molecule has 0 aliphatic carbocycles. The Labute approximate surface area is 277 Å². The molecule has 0 spiro atoms. The minimum Gasteiger partial charge on any atom is -0.305 e. The van der Waals surface area contributed by atoms with Crippen molar-refractivity contribution in [2.45, 2.75) is 38.9 Å². The number of nitrogens with zero attached hydrogens (tertiary/aromatic N) is 2. The normalized spacial score (nSPS) is 11.1. The van der Waals surface area contributed by atoms with Crippen LogP contribution >= 0.6 is 0 Å². The molecule has 6 aromatic rings. The van der Waals surface area contributed by atoms with E-state index in [0.29, 0.717) is 0 Å². The van der Waals surface area contributed by atoms with Crippen molar-refractivity contribution < 1.29 is 20.1 Å². The van der Waals surface area contributed by atoms with Crippen molar-refractivity contribution in [2.75, 3.05) is 0 Å². The van der Waals surface area contributed by atoms with Crippen LogP contribution in [0.4, 0.5) is 0 Å². The topological polar surface area (TPSA) is 25.8 Å². The van der Waals surface area contributed by atoms with Crippen LogP contribution in [0.15, 0.2) is 140 Å². The maximum absolute atomic E-state index is 4.62. The fourth-order valence-corrected chi connectivity index (χ4v) is 6.00. The van der Waals surface area contributed by atoms with Gasteiger partial charge in [-0.1, -0.05) is 112 Å². The first kappa shape index (κ1) is 32.9. The summed E-state index contributed by atoms with van der Waals surface area (Å²) in [5, 5.41) is 1.40. The third-order valence-corrected chi connectivity index (χ3v) is 9.80. The van der Waals surface area contributed by atoms with Gasteiger partial charge < -0.3 is 9.97 Å². The molecule has 0 atom stereocenters. The number of pyridine rings is 2.